The number of benzene rings is 1. The lowest BCUT2D eigenvalue weighted by atomic mass is 9.92. The molecule has 1 amide bonds. The number of carbonyl (C=O) groups excluding carboxylic acids is 1. The number of aromatic nitrogens is 4. The van der Waals surface area contributed by atoms with Crippen LogP contribution >= 0.6 is 24.8 Å². The zero-order valence-electron chi connectivity index (χ0n) is 23.4. The summed E-state index contributed by atoms with van der Waals surface area (Å²) in [5.41, 5.74) is 7.86. The van der Waals surface area contributed by atoms with Crippen molar-refractivity contribution < 1.29 is 9.53 Å². The summed E-state index contributed by atoms with van der Waals surface area (Å²) >= 11 is 0. The number of halogens is 2. The molecule has 3 aliphatic rings. The Morgan fingerprint density at radius 1 is 0.902 bits per heavy atom. The molecule has 1 aliphatic heterocycles. The van der Waals surface area contributed by atoms with Crippen LogP contribution in [0.4, 0.5) is 11.8 Å². The minimum absolute atomic E-state index is 0. The first kappa shape index (κ1) is 31.1. The third-order valence-corrected chi connectivity index (χ3v) is 8.54. The lowest BCUT2D eigenvalue weighted by Crippen LogP contribution is -2.44. The van der Waals surface area contributed by atoms with Gasteiger partial charge in [-0.1, -0.05) is 31.0 Å². The summed E-state index contributed by atoms with van der Waals surface area (Å²) in [5, 5.41) is 7.28. The van der Waals surface area contributed by atoms with E-state index in [0.717, 1.165) is 55.5 Å². The number of imidazole rings is 1. The molecule has 2 aromatic heterocycles. The first-order valence-corrected chi connectivity index (χ1v) is 14.6. The van der Waals surface area contributed by atoms with Crippen LogP contribution < -0.4 is 21.1 Å². The quantitative estimate of drug-likeness (QED) is 0.330. The molecule has 1 aromatic carbocycles. The predicted octanol–water partition coefficient (Wildman–Crippen LogP) is 4.95. The number of nitrogens with one attached hydrogen (secondary N) is 2. The summed E-state index contributed by atoms with van der Waals surface area (Å²) in [7, 11) is 0. The molecule has 0 bridgehead atoms. The number of rotatable bonds is 8. The fourth-order valence-electron chi connectivity index (χ4n) is 6.20. The molecule has 0 spiro atoms. The monoisotopic (exact) mass is 604 g/mol. The van der Waals surface area contributed by atoms with Crippen molar-refractivity contribution >= 4 is 53.7 Å². The van der Waals surface area contributed by atoms with Gasteiger partial charge in [0, 0.05) is 37.3 Å². The molecule has 41 heavy (non-hydrogen) atoms. The zero-order valence-corrected chi connectivity index (χ0v) is 25.0. The molecule has 3 fully saturated rings. The van der Waals surface area contributed by atoms with Crippen LogP contribution in [0.15, 0.2) is 36.7 Å². The molecule has 0 unspecified atom stereocenters. The van der Waals surface area contributed by atoms with E-state index in [1.807, 2.05) is 41.6 Å². The molecule has 2 saturated carbocycles. The van der Waals surface area contributed by atoms with Crippen LogP contribution in [0.25, 0.3) is 11.2 Å². The molecule has 3 heterocycles. The van der Waals surface area contributed by atoms with Crippen LogP contribution in [0, 0.1) is 0 Å². The number of anilines is 2. The van der Waals surface area contributed by atoms with Crippen molar-refractivity contribution in [3.05, 3.63) is 36.7 Å². The molecular formula is C29H42Cl2N8O2. The molecular weight excluding hydrogens is 563 g/mol. The van der Waals surface area contributed by atoms with Crippen LogP contribution in [0.5, 0.6) is 5.75 Å². The molecule has 6 rings (SSSR count). The number of piperidine rings is 1. The second-order valence-electron chi connectivity index (χ2n) is 11.3. The smallest absolute Gasteiger partial charge is 0.260 e. The molecule has 224 valence electrons. The molecule has 2 aliphatic carbocycles. The number of likely N-dealkylation sites (tertiary alicyclic amines) is 1. The summed E-state index contributed by atoms with van der Waals surface area (Å²) in [6.07, 6.45) is 12.6. The maximum absolute atomic E-state index is 12.7. The Hall–Kier alpha value is -2.82. The average molecular weight is 606 g/mol. The highest BCUT2D eigenvalue weighted by Gasteiger charge is 2.27. The highest BCUT2D eigenvalue weighted by molar-refractivity contribution is 5.86. The average Bonchev–Trinajstić information content (AvgIpc) is 3.64. The van der Waals surface area contributed by atoms with Gasteiger partial charge in [0.15, 0.2) is 23.6 Å². The van der Waals surface area contributed by atoms with Crippen molar-refractivity contribution in [1.29, 1.82) is 0 Å². The van der Waals surface area contributed by atoms with E-state index in [0.29, 0.717) is 42.9 Å². The van der Waals surface area contributed by atoms with E-state index < -0.39 is 0 Å². The first-order chi connectivity index (χ1) is 19.1. The molecule has 12 heteroatoms. The Morgan fingerprint density at radius 3 is 2.29 bits per heavy atom. The second-order valence-corrected chi connectivity index (χ2v) is 11.3. The fourth-order valence-corrected chi connectivity index (χ4v) is 6.20. The van der Waals surface area contributed by atoms with Crippen molar-refractivity contribution in [3.63, 3.8) is 0 Å². The van der Waals surface area contributed by atoms with E-state index in [-0.39, 0.29) is 43.4 Å². The van der Waals surface area contributed by atoms with Crippen LogP contribution in [0.3, 0.4) is 0 Å². The number of ether oxygens (including phenoxy) is 1. The number of fused-ring (bicyclic) bond motifs is 1. The largest absolute Gasteiger partial charge is 0.484 e. The van der Waals surface area contributed by atoms with Crippen LogP contribution in [-0.2, 0) is 4.79 Å². The Labute approximate surface area is 254 Å². The van der Waals surface area contributed by atoms with E-state index in [2.05, 4.69) is 15.2 Å². The van der Waals surface area contributed by atoms with Crippen molar-refractivity contribution in [3.8, 4) is 5.75 Å². The predicted molar refractivity (Wildman–Crippen MR) is 166 cm³/mol. The summed E-state index contributed by atoms with van der Waals surface area (Å²) in [4.78, 5) is 29.3. The van der Waals surface area contributed by atoms with Crippen LogP contribution in [0.2, 0.25) is 0 Å². The van der Waals surface area contributed by atoms with E-state index in [1.54, 1.807) is 0 Å². The van der Waals surface area contributed by atoms with Gasteiger partial charge in [-0.25, -0.2) is 4.98 Å². The molecule has 3 aromatic rings. The number of hydrogen-bond donors (Lipinski definition) is 3. The maximum atomic E-state index is 12.7. The summed E-state index contributed by atoms with van der Waals surface area (Å²) in [6.45, 7) is 1.44. The second kappa shape index (κ2) is 14.4. The highest BCUT2D eigenvalue weighted by atomic mass is 35.5. The zero-order chi connectivity index (χ0) is 26.6. The van der Waals surface area contributed by atoms with E-state index >= 15 is 0 Å². The highest BCUT2D eigenvalue weighted by Crippen LogP contribution is 2.34. The van der Waals surface area contributed by atoms with E-state index in [4.69, 9.17) is 25.4 Å². The van der Waals surface area contributed by atoms with Gasteiger partial charge in [0.25, 0.3) is 5.91 Å². The van der Waals surface area contributed by atoms with Crippen LogP contribution in [-0.4, -0.2) is 68.1 Å². The first-order valence-electron chi connectivity index (χ1n) is 14.6. The Bertz CT molecular complexity index is 1250. The number of nitrogens with two attached hydrogens (primary N) is 1. The van der Waals surface area contributed by atoms with Gasteiger partial charge in [-0.15, -0.1) is 24.8 Å². The molecule has 10 nitrogen and oxygen atoms in total. The van der Waals surface area contributed by atoms with Gasteiger partial charge in [-0.2, -0.15) is 9.97 Å². The number of carbonyl (C=O) groups is 1. The van der Waals surface area contributed by atoms with Crippen LogP contribution in [0.1, 0.15) is 70.3 Å². The van der Waals surface area contributed by atoms with Crippen molar-refractivity contribution in [2.24, 2.45) is 5.73 Å². The molecule has 4 N–H and O–H groups in total. The SMILES string of the molecule is Cl.Cl.N[C@H]1CC[C@H](Nc2nc(NC3CCN(C(=O)COc4ccccc4)CC3)c3ncn(C4CCCC4)c3n2)CC1. The molecule has 0 radical (unpaired) electrons. The standard InChI is InChI=1S/C29H40N8O2.2ClH/c30-20-10-12-21(13-11-20)33-29-34-27(26-28(35-29)37(19-31-26)23-6-4-5-7-23)32-22-14-16-36(17-15-22)25(38)18-39-24-8-2-1-3-9-24;;/h1-3,8-9,19-23H,4-7,10-18,30H2,(H2,32,33,34,35);2*1H/t20-,21-;;. The van der Waals surface area contributed by atoms with Crippen molar-refractivity contribution in [1.82, 2.24) is 24.4 Å². The topological polar surface area (TPSA) is 123 Å². The van der Waals surface area contributed by atoms with E-state index in [1.165, 1.54) is 25.7 Å². The van der Waals surface area contributed by atoms with Gasteiger partial charge >= 0.3 is 0 Å². The molecule has 0 atom stereocenters. The summed E-state index contributed by atoms with van der Waals surface area (Å²) in [5.74, 6) is 2.18. The number of hydrogen-bond acceptors (Lipinski definition) is 8. The van der Waals surface area contributed by atoms with Gasteiger partial charge in [-0.05, 0) is 63.5 Å². The number of nitrogens with zero attached hydrogens (tertiary/aromatic N) is 5. The third kappa shape index (κ3) is 7.53. The van der Waals surface area contributed by atoms with Crippen molar-refractivity contribution in [2.45, 2.75) is 88.4 Å². The van der Waals surface area contributed by atoms with Crippen molar-refractivity contribution in [2.75, 3.05) is 30.3 Å². The number of amides is 1. The summed E-state index contributed by atoms with van der Waals surface area (Å²) < 4.78 is 7.92. The van der Waals surface area contributed by atoms with Gasteiger partial charge in [-0.3, -0.25) is 4.79 Å². The Balaban J connectivity index is 0.00000194. The Morgan fingerprint density at radius 2 is 1.59 bits per heavy atom. The van der Waals surface area contributed by atoms with Gasteiger partial charge in [0.05, 0.1) is 6.33 Å². The molecule has 1 saturated heterocycles. The van der Waals surface area contributed by atoms with Gasteiger partial charge in [0.2, 0.25) is 5.95 Å². The van der Waals surface area contributed by atoms with E-state index in [9.17, 15) is 4.79 Å². The normalized spacial score (nSPS) is 21.6. The minimum Gasteiger partial charge on any atom is -0.484 e. The minimum atomic E-state index is 0. The lowest BCUT2D eigenvalue weighted by molar-refractivity contribution is -0.134. The van der Waals surface area contributed by atoms with Gasteiger partial charge in [0.1, 0.15) is 5.75 Å². The lowest BCUT2D eigenvalue weighted by Gasteiger charge is -2.32. The fraction of sp³-hybridized carbons (Fsp3) is 0.586. The summed E-state index contributed by atoms with van der Waals surface area (Å²) in [6, 6.07) is 10.8. The van der Waals surface area contributed by atoms with Gasteiger partial charge < -0.3 is 30.6 Å². The third-order valence-electron chi connectivity index (χ3n) is 8.54. The number of para-hydroxylation sites is 1. The Kier molecular flexibility index (Phi) is 10.9. The maximum Gasteiger partial charge on any atom is 0.260 e.